The van der Waals surface area contributed by atoms with Crippen molar-refractivity contribution < 1.29 is 13.2 Å². The van der Waals surface area contributed by atoms with E-state index in [1.807, 2.05) is 0 Å². The van der Waals surface area contributed by atoms with Gasteiger partial charge in [-0.25, -0.2) is 0 Å². The summed E-state index contributed by atoms with van der Waals surface area (Å²) in [5.74, 6) is -0.129. The molecule has 0 aromatic heterocycles. The molecule has 1 aliphatic heterocycles. The molecule has 1 atom stereocenters. The number of amides is 1. The van der Waals surface area contributed by atoms with Gasteiger partial charge in [0.2, 0.25) is 5.91 Å². The molecule has 0 radical (unpaired) electrons. The first-order valence-electron chi connectivity index (χ1n) is 6.06. The Labute approximate surface area is 108 Å². The highest BCUT2D eigenvalue weighted by Crippen LogP contribution is 2.16. The van der Waals surface area contributed by atoms with Crippen LogP contribution in [0.4, 0.5) is 0 Å². The van der Waals surface area contributed by atoms with E-state index in [1.54, 1.807) is 7.05 Å². The number of hydrogen-bond donors (Lipinski definition) is 2. The first kappa shape index (κ1) is 15.4. The van der Waals surface area contributed by atoms with Crippen molar-refractivity contribution in [3.8, 4) is 0 Å². The van der Waals surface area contributed by atoms with E-state index in [0.29, 0.717) is 39.0 Å². The average molecular weight is 278 g/mol. The van der Waals surface area contributed by atoms with E-state index in [9.17, 15) is 13.2 Å². The normalized spacial score (nSPS) is 21.4. The van der Waals surface area contributed by atoms with Crippen LogP contribution in [0.15, 0.2) is 0 Å². The van der Waals surface area contributed by atoms with E-state index in [4.69, 9.17) is 5.73 Å². The SMILES string of the molecule is CC(=O)NC1CCN(S(=O)(=O)N(C)CCCN)C1. The van der Waals surface area contributed by atoms with Gasteiger partial charge in [0, 0.05) is 39.6 Å². The Hall–Kier alpha value is -0.700. The number of nitrogens with one attached hydrogen (secondary N) is 1. The van der Waals surface area contributed by atoms with Crippen molar-refractivity contribution in [1.29, 1.82) is 0 Å². The van der Waals surface area contributed by atoms with E-state index in [-0.39, 0.29) is 11.9 Å². The molecular formula is C10H22N4O3S. The number of carbonyl (C=O) groups excluding carboxylic acids is 1. The van der Waals surface area contributed by atoms with Crippen LogP contribution in [0.2, 0.25) is 0 Å². The monoisotopic (exact) mass is 278 g/mol. The maximum atomic E-state index is 12.2. The fourth-order valence-electron chi connectivity index (χ4n) is 1.97. The molecule has 106 valence electrons. The van der Waals surface area contributed by atoms with Crippen LogP contribution in [-0.2, 0) is 15.0 Å². The van der Waals surface area contributed by atoms with Crippen LogP contribution in [0, 0.1) is 0 Å². The van der Waals surface area contributed by atoms with Gasteiger partial charge in [-0.15, -0.1) is 0 Å². The Morgan fingerprint density at radius 1 is 1.56 bits per heavy atom. The number of nitrogens with zero attached hydrogens (tertiary/aromatic N) is 2. The molecule has 3 N–H and O–H groups in total. The molecule has 1 unspecified atom stereocenters. The molecule has 1 amide bonds. The molecule has 1 rings (SSSR count). The lowest BCUT2D eigenvalue weighted by molar-refractivity contribution is -0.119. The maximum Gasteiger partial charge on any atom is 0.281 e. The van der Waals surface area contributed by atoms with Crippen molar-refractivity contribution in [2.24, 2.45) is 5.73 Å². The van der Waals surface area contributed by atoms with Crippen molar-refractivity contribution in [2.45, 2.75) is 25.8 Å². The zero-order valence-corrected chi connectivity index (χ0v) is 11.7. The number of carbonyl (C=O) groups is 1. The third-order valence-corrected chi connectivity index (χ3v) is 4.91. The minimum Gasteiger partial charge on any atom is -0.352 e. The lowest BCUT2D eigenvalue weighted by Gasteiger charge is -2.24. The van der Waals surface area contributed by atoms with Crippen LogP contribution in [0.25, 0.3) is 0 Å². The predicted molar refractivity (Wildman–Crippen MR) is 69.0 cm³/mol. The summed E-state index contributed by atoms with van der Waals surface area (Å²) in [6.07, 6.45) is 1.29. The van der Waals surface area contributed by atoms with Crippen LogP contribution in [0.5, 0.6) is 0 Å². The molecule has 0 aromatic carbocycles. The Morgan fingerprint density at radius 2 is 2.22 bits per heavy atom. The standard InChI is InChI=1S/C10H22N4O3S/c1-9(15)12-10-4-7-14(8-10)18(16,17)13(2)6-3-5-11/h10H,3-8,11H2,1-2H3,(H,12,15). The topological polar surface area (TPSA) is 95.7 Å². The summed E-state index contributed by atoms with van der Waals surface area (Å²) in [6, 6.07) is -0.0832. The van der Waals surface area contributed by atoms with Crippen molar-refractivity contribution >= 4 is 16.1 Å². The van der Waals surface area contributed by atoms with E-state index in [1.165, 1.54) is 15.5 Å². The van der Waals surface area contributed by atoms with Gasteiger partial charge in [-0.05, 0) is 19.4 Å². The molecule has 0 bridgehead atoms. The summed E-state index contributed by atoms with van der Waals surface area (Å²) >= 11 is 0. The number of hydrogen-bond acceptors (Lipinski definition) is 4. The number of rotatable bonds is 6. The van der Waals surface area contributed by atoms with E-state index in [2.05, 4.69) is 5.32 Å². The first-order valence-corrected chi connectivity index (χ1v) is 7.46. The molecule has 1 aliphatic rings. The molecule has 1 fully saturated rings. The molecule has 0 aromatic rings. The second-order valence-electron chi connectivity index (χ2n) is 4.52. The summed E-state index contributed by atoms with van der Waals surface area (Å²) in [7, 11) is -1.87. The predicted octanol–water partition coefficient (Wildman–Crippen LogP) is -1.28. The Morgan fingerprint density at radius 3 is 2.78 bits per heavy atom. The van der Waals surface area contributed by atoms with Gasteiger partial charge in [0.05, 0.1) is 0 Å². The summed E-state index contributed by atoms with van der Waals surface area (Å²) in [5, 5.41) is 2.74. The fourth-order valence-corrected chi connectivity index (χ4v) is 3.43. The lowest BCUT2D eigenvalue weighted by Crippen LogP contribution is -2.43. The van der Waals surface area contributed by atoms with Crippen molar-refractivity contribution in [3.63, 3.8) is 0 Å². The van der Waals surface area contributed by atoms with Crippen LogP contribution in [0.3, 0.4) is 0 Å². The third kappa shape index (κ3) is 3.91. The lowest BCUT2D eigenvalue weighted by atomic mass is 10.3. The van der Waals surface area contributed by atoms with Gasteiger partial charge in [0.1, 0.15) is 0 Å². The molecule has 7 nitrogen and oxygen atoms in total. The summed E-state index contributed by atoms with van der Waals surface area (Å²) in [5.41, 5.74) is 5.37. The summed E-state index contributed by atoms with van der Waals surface area (Å²) in [6.45, 7) is 3.11. The Kier molecular flexibility index (Phi) is 5.51. The fraction of sp³-hybridized carbons (Fsp3) is 0.900. The van der Waals surface area contributed by atoms with Gasteiger partial charge >= 0.3 is 0 Å². The highest BCUT2D eigenvalue weighted by atomic mass is 32.2. The maximum absolute atomic E-state index is 12.2. The molecule has 8 heteroatoms. The number of nitrogens with two attached hydrogens (primary N) is 1. The molecule has 1 saturated heterocycles. The minimum atomic E-state index is -3.42. The molecule has 0 spiro atoms. The van der Waals surface area contributed by atoms with Crippen LogP contribution in [0.1, 0.15) is 19.8 Å². The van der Waals surface area contributed by atoms with Crippen LogP contribution < -0.4 is 11.1 Å². The second kappa shape index (κ2) is 6.46. The highest BCUT2D eigenvalue weighted by molar-refractivity contribution is 7.86. The molecular weight excluding hydrogens is 256 g/mol. The smallest absolute Gasteiger partial charge is 0.281 e. The zero-order valence-electron chi connectivity index (χ0n) is 10.9. The van der Waals surface area contributed by atoms with Gasteiger partial charge in [0.25, 0.3) is 10.2 Å². The quantitative estimate of drug-likeness (QED) is 0.633. The third-order valence-electron chi connectivity index (χ3n) is 2.96. The Balaban J connectivity index is 2.57. The van der Waals surface area contributed by atoms with Gasteiger partial charge in [-0.2, -0.15) is 17.0 Å². The van der Waals surface area contributed by atoms with Gasteiger partial charge < -0.3 is 11.1 Å². The average Bonchev–Trinajstić information content (AvgIpc) is 2.73. The highest BCUT2D eigenvalue weighted by Gasteiger charge is 2.33. The van der Waals surface area contributed by atoms with Crippen molar-refractivity contribution in [2.75, 3.05) is 33.2 Å². The summed E-state index contributed by atoms with van der Waals surface area (Å²) < 4.78 is 27.1. The van der Waals surface area contributed by atoms with E-state index >= 15 is 0 Å². The van der Waals surface area contributed by atoms with Crippen molar-refractivity contribution in [3.05, 3.63) is 0 Å². The zero-order chi connectivity index (χ0) is 13.8. The molecule has 18 heavy (non-hydrogen) atoms. The van der Waals surface area contributed by atoms with Crippen LogP contribution >= 0.6 is 0 Å². The van der Waals surface area contributed by atoms with Gasteiger partial charge in [-0.1, -0.05) is 0 Å². The van der Waals surface area contributed by atoms with E-state index < -0.39 is 10.2 Å². The molecule has 0 aliphatic carbocycles. The van der Waals surface area contributed by atoms with Crippen LogP contribution in [-0.4, -0.2) is 62.2 Å². The summed E-state index contributed by atoms with van der Waals surface area (Å²) in [4.78, 5) is 10.9. The second-order valence-corrected chi connectivity index (χ2v) is 6.55. The largest absolute Gasteiger partial charge is 0.352 e. The molecule has 1 heterocycles. The first-order chi connectivity index (χ1) is 8.37. The van der Waals surface area contributed by atoms with Gasteiger partial charge in [-0.3, -0.25) is 4.79 Å². The minimum absolute atomic E-state index is 0.0832. The van der Waals surface area contributed by atoms with Gasteiger partial charge in [0.15, 0.2) is 0 Å². The van der Waals surface area contributed by atoms with Crippen molar-refractivity contribution in [1.82, 2.24) is 13.9 Å². The Bertz CT molecular complexity index is 385. The molecule has 0 saturated carbocycles. The van der Waals surface area contributed by atoms with E-state index in [0.717, 1.165) is 0 Å².